The molecule has 0 spiro atoms. The Labute approximate surface area is 115 Å². The van der Waals surface area contributed by atoms with Crippen LogP contribution in [0.15, 0.2) is 12.1 Å². The van der Waals surface area contributed by atoms with Gasteiger partial charge in [0.25, 0.3) is 0 Å². The van der Waals surface area contributed by atoms with E-state index in [2.05, 4.69) is 19.1 Å². The molecule has 102 valence electrons. The van der Waals surface area contributed by atoms with Crippen LogP contribution in [-0.4, -0.2) is 18.8 Å². The van der Waals surface area contributed by atoms with Crippen LogP contribution in [0.1, 0.15) is 48.8 Å². The van der Waals surface area contributed by atoms with Gasteiger partial charge in [0.05, 0.1) is 6.10 Å². The Morgan fingerprint density at radius 3 is 2.89 bits per heavy atom. The predicted molar refractivity (Wildman–Crippen MR) is 78.2 cm³/mol. The summed E-state index contributed by atoms with van der Waals surface area (Å²) in [4.78, 5) is 2.90. The van der Waals surface area contributed by atoms with Crippen molar-refractivity contribution in [1.29, 1.82) is 0 Å². The van der Waals surface area contributed by atoms with Gasteiger partial charge in [-0.2, -0.15) is 0 Å². The molecule has 1 aromatic heterocycles. The fourth-order valence-corrected chi connectivity index (χ4v) is 3.57. The molecule has 2 rings (SSSR count). The second-order valence-electron chi connectivity index (χ2n) is 5.25. The largest absolute Gasteiger partial charge is 0.378 e. The van der Waals surface area contributed by atoms with E-state index in [1.165, 1.54) is 29.0 Å². The first-order valence-corrected chi connectivity index (χ1v) is 8.04. The Hall–Kier alpha value is -0.380. The highest BCUT2D eigenvalue weighted by Crippen LogP contribution is 2.21. The van der Waals surface area contributed by atoms with Gasteiger partial charge in [-0.3, -0.25) is 0 Å². The lowest BCUT2D eigenvalue weighted by atomic mass is 10.0. The van der Waals surface area contributed by atoms with Crippen molar-refractivity contribution in [2.75, 3.05) is 6.61 Å². The topological polar surface area (TPSA) is 35.2 Å². The number of aryl methyl sites for hydroxylation is 1. The fraction of sp³-hybridized carbons (Fsp3) is 0.733. The second kappa shape index (κ2) is 7.27. The molecule has 1 aromatic rings. The van der Waals surface area contributed by atoms with Gasteiger partial charge < -0.3 is 10.5 Å². The molecule has 18 heavy (non-hydrogen) atoms. The van der Waals surface area contributed by atoms with E-state index in [9.17, 15) is 0 Å². The van der Waals surface area contributed by atoms with Crippen LogP contribution in [0.25, 0.3) is 0 Å². The summed E-state index contributed by atoms with van der Waals surface area (Å²) < 4.78 is 5.75. The van der Waals surface area contributed by atoms with Crippen LogP contribution in [0.4, 0.5) is 0 Å². The van der Waals surface area contributed by atoms with Gasteiger partial charge in [0, 0.05) is 22.4 Å². The van der Waals surface area contributed by atoms with E-state index in [1.807, 2.05) is 11.3 Å². The van der Waals surface area contributed by atoms with Crippen molar-refractivity contribution in [2.45, 2.75) is 64.0 Å². The first kappa shape index (κ1) is 14.0. The van der Waals surface area contributed by atoms with Crippen LogP contribution in [0.2, 0.25) is 0 Å². The molecule has 1 fully saturated rings. The van der Waals surface area contributed by atoms with Gasteiger partial charge in [-0.05, 0) is 57.1 Å². The molecule has 0 bridgehead atoms. The normalized spacial score (nSPS) is 22.0. The minimum Gasteiger partial charge on any atom is -0.378 e. The highest BCUT2D eigenvalue weighted by molar-refractivity contribution is 7.11. The van der Waals surface area contributed by atoms with Crippen LogP contribution < -0.4 is 5.73 Å². The molecule has 3 heteroatoms. The third-order valence-electron chi connectivity index (χ3n) is 3.66. The van der Waals surface area contributed by atoms with Gasteiger partial charge in [0.1, 0.15) is 0 Å². The summed E-state index contributed by atoms with van der Waals surface area (Å²) in [5.41, 5.74) is 6.22. The first-order valence-electron chi connectivity index (χ1n) is 7.22. The van der Waals surface area contributed by atoms with Gasteiger partial charge in [0.2, 0.25) is 0 Å². The standard InChI is InChI=1S/C15H25NOS/c1-2-14-8-9-15(18-14)11-12(16)6-7-13-5-3-4-10-17-13/h8-9,12-13H,2-7,10-11,16H2,1H3. The van der Waals surface area contributed by atoms with E-state index in [0.29, 0.717) is 12.1 Å². The average molecular weight is 267 g/mol. The summed E-state index contributed by atoms with van der Waals surface area (Å²) in [6.45, 7) is 3.15. The lowest BCUT2D eigenvalue weighted by Crippen LogP contribution is -2.26. The SMILES string of the molecule is CCc1ccc(CC(N)CCC2CCCCO2)s1. The fourth-order valence-electron chi connectivity index (χ4n) is 2.52. The minimum absolute atomic E-state index is 0.291. The van der Waals surface area contributed by atoms with Gasteiger partial charge in [-0.25, -0.2) is 0 Å². The molecular formula is C15H25NOS. The van der Waals surface area contributed by atoms with E-state index < -0.39 is 0 Å². The summed E-state index contributed by atoms with van der Waals surface area (Å²) in [5.74, 6) is 0. The zero-order chi connectivity index (χ0) is 12.8. The molecule has 2 atom stereocenters. The highest BCUT2D eigenvalue weighted by Gasteiger charge is 2.15. The zero-order valence-corrected chi connectivity index (χ0v) is 12.2. The summed E-state index contributed by atoms with van der Waals surface area (Å²) in [7, 11) is 0. The Bertz CT molecular complexity index is 344. The highest BCUT2D eigenvalue weighted by atomic mass is 32.1. The smallest absolute Gasteiger partial charge is 0.0575 e. The maximum atomic E-state index is 6.22. The molecule has 0 saturated carbocycles. The average Bonchev–Trinajstić information content (AvgIpc) is 2.85. The number of thiophene rings is 1. The third-order valence-corrected chi connectivity index (χ3v) is 4.91. The first-order chi connectivity index (χ1) is 8.78. The molecule has 0 radical (unpaired) electrons. The van der Waals surface area contributed by atoms with Crippen molar-refractivity contribution in [2.24, 2.45) is 5.73 Å². The Kier molecular flexibility index (Phi) is 5.67. The van der Waals surface area contributed by atoms with Crippen molar-refractivity contribution >= 4 is 11.3 Å². The van der Waals surface area contributed by atoms with Gasteiger partial charge in [-0.1, -0.05) is 6.92 Å². The number of hydrogen-bond acceptors (Lipinski definition) is 3. The summed E-state index contributed by atoms with van der Waals surface area (Å²) in [5, 5.41) is 0. The van der Waals surface area contributed by atoms with Gasteiger partial charge in [0.15, 0.2) is 0 Å². The van der Waals surface area contributed by atoms with Crippen LogP contribution in [0, 0.1) is 0 Å². The maximum absolute atomic E-state index is 6.22. The molecule has 1 aliphatic heterocycles. The van der Waals surface area contributed by atoms with Crippen molar-refractivity contribution in [3.05, 3.63) is 21.9 Å². The van der Waals surface area contributed by atoms with Crippen molar-refractivity contribution in [1.82, 2.24) is 0 Å². The monoisotopic (exact) mass is 267 g/mol. The molecule has 2 nitrogen and oxygen atoms in total. The van der Waals surface area contributed by atoms with E-state index in [-0.39, 0.29) is 0 Å². The maximum Gasteiger partial charge on any atom is 0.0575 e. The molecule has 2 N–H and O–H groups in total. The van der Waals surface area contributed by atoms with Crippen LogP contribution in [-0.2, 0) is 17.6 Å². The molecule has 0 amide bonds. The Morgan fingerprint density at radius 2 is 2.22 bits per heavy atom. The Balaban J connectivity index is 1.69. The minimum atomic E-state index is 0.291. The lowest BCUT2D eigenvalue weighted by molar-refractivity contribution is 0.00916. The van der Waals surface area contributed by atoms with Crippen molar-refractivity contribution < 1.29 is 4.74 Å². The molecule has 1 saturated heterocycles. The van der Waals surface area contributed by atoms with Crippen LogP contribution in [0.3, 0.4) is 0 Å². The molecule has 2 heterocycles. The number of rotatable bonds is 6. The van der Waals surface area contributed by atoms with Crippen molar-refractivity contribution in [3.8, 4) is 0 Å². The van der Waals surface area contributed by atoms with E-state index in [1.54, 1.807) is 0 Å². The number of hydrogen-bond donors (Lipinski definition) is 1. The molecule has 2 unspecified atom stereocenters. The van der Waals surface area contributed by atoms with Crippen molar-refractivity contribution in [3.63, 3.8) is 0 Å². The van der Waals surface area contributed by atoms with E-state index in [4.69, 9.17) is 10.5 Å². The summed E-state index contributed by atoms with van der Waals surface area (Å²) in [6.07, 6.45) is 8.64. The number of nitrogens with two attached hydrogens (primary N) is 1. The quantitative estimate of drug-likeness (QED) is 0.855. The zero-order valence-electron chi connectivity index (χ0n) is 11.4. The van der Waals surface area contributed by atoms with Gasteiger partial charge in [-0.15, -0.1) is 11.3 Å². The number of ether oxygens (including phenoxy) is 1. The summed E-state index contributed by atoms with van der Waals surface area (Å²) >= 11 is 1.91. The Morgan fingerprint density at radius 1 is 1.39 bits per heavy atom. The predicted octanol–water partition coefficient (Wildman–Crippen LogP) is 3.53. The molecule has 0 aliphatic carbocycles. The van der Waals surface area contributed by atoms with Gasteiger partial charge >= 0.3 is 0 Å². The van der Waals surface area contributed by atoms with Crippen LogP contribution >= 0.6 is 11.3 Å². The van der Waals surface area contributed by atoms with E-state index in [0.717, 1.165) is 32.3 Å². The molecule has 0 aromatic carbocycles. The molecular weight excluding hydrogens is 242 g/mol. The lowest BCUT2D eigenvalue weighted by Gasteiger charge is -2.23. The second-order valence-corrected chi connectivity index (χ2v) is 6.50. The van der Waals surface area contributed by atoms with E-state index >= 15 is 0 Å². The summed E-state index contributed by atoms with van der Waals surface area (Å²) in [6, 6.07) is 4.76. The third kappa shape index (κ3) is 4.38. The molecule has 1 aliphatic rings. The van der Waals surface area contributed by atoms with Crippen LogP contribution in [0.5, 0.6) is 0 Å².